The molecule has 21 heavy (non-hydrogen) atoms. The molecule has 108 valence electrons. The fourth-order valence-corrected chi connectivity index (χ4v) is 2.40. The van der Waals surface area contributed by atoms with Gasteiger partial charge in [-0.2, -0.15) is 0 Å². The lowest BCUT2D eigenvalue weighted by Gasteiger charge is -2.22. The number of para-hydroxylation sites is 1. The minimum Gasteiger partial charge on any atom is -0.311 e. The van der Waals surface area contributed by atoms with Crippen LogP contribution in [-0.4, -0.2) is 29.0 Å². The van der Waals surface area contributed by atoms with Gasteiger partial charge in [-0.1, -0.05) is 18.2 Å². The lowest BCUT2D eigenvalue weighted by atomic mass is 10.1. The molecule has 0 saturated carbocycles. The van der Waals surface area contributed by atoms with Crippen molar-refractivity contribution in [3.05, 3.63) is 62.4 Å². The Kier molecular flexibility index (Phi) is 3.41. The number of aromatic nitrogens is 2. The lowest BCUT2D eigenvalue weighted by Crippen LogP contribution is -2.37. The predicted molar refractivity (Wildman–Crippen MR) is 77.5 cm³/mol. The van der Waals surface area contributed by atoms with E-state index in [1.165, 1.54) is 0 Å². The van der Waals surface area contributed by atoms with E-state index in [-0.39, 0.29) is 5.69 Å². The monoisotopic (exact) mass is 286 g/mol. The maximum absolute atomic E-state index is 12.6. The summed E-state index contributed by atoms with van der Waals surface area (Å²) in [4.78, 5) is 41.3. The van der Waals surface area contributed by atoms with Gasteiger partial charge >= 0.3 is 5.69 Å². The van der Waals surface area contributed by atoms with E-state index < -0.39 is 17.2 Å². The zero-order valence-electron chi connectivity index (χ0n) is 11.2. The van der Waals surface area contributed by atoms with Crippen LogP contribution in [0.2, 0.25) is 0 Å². The number of aromatic amines is 2. The molecule has 0 spiro atoms. The third-order valence-electron chi connectivity index (χ3n) is 3.35. The highest BCUT2D eigenvalue weighted by Gasteiger charge is 2.22. The number of hydrogen-bond donors (Lipinski definition) is 3. The van der Waals surface area contributed by atoms with Gasteiger partial charge in [0, 0.05) is 31.4 Å². The number of rotatable bonds is 1. The summed E-state index contributed by atoms with van der Waals surface area (Å²) in [7, 11) is 0. The molecule has 2 aromatic rings. The molecule has 0 atom stereocenters. The molecule has 2 heterocycles. The van der Waals surface area contributed by atoms with E-state index in [9.17, 15) is 14.4 Å². The number of hydrogen-bond acceptors (Lipinski definition) is 4. The van der Waals surface area contributed by atoms with Crippen LogP contribution in [0.5, 0.6) is 0 Å². The number of H-pyrrole nitrogens is 2. The highest BCUT2D eigenvalue weighted by molar-refractivity contribution is 6.05. The average Bonchev–Trinajstić information content (AvgIpc) is 2.68. The van der Waals surface area contributed by atoms with Crippen LogP contribution < -0.4 is 21.5 Å². The summed E-state index contributed by atoms with van der Waals surface area (Å²) in [5.41, 5.74) is 0.486. The Morgan fingerprint density at radius 2 is 1.95 bits per heavy atom. The standard InChI is InChI=1S/C14H14N4O3/c19-12-7-10(16-14(21)17-12)13(20)18-6-5-15-8-9-3-1-2-4-11(9)18/h1-4,7,15H,5-6,8H2,(H2,16,17,19,21). The molecule has 1 aromatic heterocycles. The van der Waals surface area contributed by atoms with E-state index in [0.29, 0.717) is 19.6 Å². The molecule has 0 saturated heterocycles. The number of anilines is 1. The van der Waals surface area contributed by atoms with Crippen molar-refractivity contribution in [2.75, 3.05) is 18.0 Å². The van der Waals surface area contributed by atoms with Crippen molar-refractivity contribution in [3.8, 4) is 0 Å². The first-order chi connectivity index (χ1) is 10.1. The zero-order chi connectivity index (χ0) is 14.8. The topological polar surface area (TPSA) is 98.1 Å². The number of fused-ring (bicyclic) bond motifs is 1. The molecule has 0 radical (unpaired) electrons. The largest absolute Gasteiger partial charge is 0.326 e. The fraction of sp³-hybridized carbons (Fsp3) is 0.214. The minimum atomic E-state index is -0.688. The van der Waals surface area contributed by atoms with E-state index in [1.807, 2.05) is 24.3 Å². The Morgan fingerprint density at radius 1 is 1.14 bits per heavy atom. The first kappa shape index (κ1) is 13.3. The minimum absolute atomic E-state index is 0.0135. The maximum Gasteiger partial charge on any atom is 0.326 e. The van der Waals surface area contributed by atoms with Crippen LogP contribution in [-0.2, 0) is 6.54 Å². The summed E-state index contributed by atoms with van der Waals surface area (Å²) in [5.74, 6) is -0.394. The second kappa shape index (κ2) is 5.37. The normalized spacial score (nSPS) is 14.4. The summed E-state index contributed by atoms with van der Waals surface area (Å²) >= 11 is 0. The van der Waals surface area contributed by atoms with Gasteiger partial charge in [0.25, 0.3) is 11.5 Å². The average molecular weight is 286 g/mol. The molecular formula is C14H14N4O3. The Hall–Kier alpha value is -2.67. The van der Waals surface area contributed by atoms with Gasteiger partial charge in [0.05, 0.1) is 0 Å². The Morgan fingerprint density at radius 3 is 2.76 bits per heavy atom. The van der Waals surface area contributed by atoms with Gasteiger partial charge < -0.3 is 15.2 Å². The van der Waals surface area contributed by atoms with Crippen LogP contribution in [0, 0.1) is 0 Å². The van der Waals surface area contributed by atoms with Crippen LogP contribution >= 0.6 is 0 Å². The van der Waals surface area contributed by atoms with Crippen LogP contribution in [0.4, 0.5) is 5.69 Å². The quantitative estimate of drug-likeness (QED) is 0.677. The molecule has 1 aliphatic heterocycles. The molecule has 1 amide bonds. The van der Waals surface area contributed by atoms with E-state index in [2.05, 4.69) is 15.3 Å². The maximum atomic E-state index is 12.6. The highest BCUT2D eigenvalue weighted by atomic mass is 16.2. The van der Waals surface area contributed by atoms with Crippen LogP contribution in [0.15, 0.2) is 39.9 Å². The van der Waals surface area contributed by atoms with Crippen LogP contribution in [0.1, 0.15) is 16.1 Å². The molecule has 7 nitrogen and oxygen atoms in total. The number of carbonyl (C=O) groups is 1. The molecule has 3 rings (SSSR count). The van der Waals surface area contributed by atoms with E-state index >= 15 is 0 Å². The van der Waals surface area contributed by atoms with Crippen LogP contribution in [0.25, 0.3) is 0 Å². The van der Waals surface area contributed by atoms with Crippen LogP contribution in [0.3, 0.4) is 0 Å². The van der Waals surface area contributed by atoms with Crippen molar-refractivity contribution in [1.29, 1.82) is 0 Å². The third kappa shape index (κ3) is 2.63. The van der Waals surface area contributed by atoms with Crippen molar-refractivity contribution in [2.24, 2.45) is 0 Å². The van der Waals surface area contributed by atoms with Crippen molar-refractivity contribution in [2.45, 2.75) is 6.54 Å². The molecule has 1 aliphatic rings. The van der Waals surface area contributed by atoms with E-state index in [0.717, 1.165) is 17.3 Å². The Labute approximate surface area is 119 Å². The smallest absolute Gasteiger partial charge is 0.311 e. The summed E-state index contributed by atoms with van der Waals surface area (Å²) in [6.07, 6.45) is 0. The van der Waals surface area contributed by atoms with Crippen molar-refractivity contribution in [1.82, 2.24) is 15.3 Å². The highest BCUT2D eigenvalue weighted by Crippen LogP contribution is 2.23. The number of nitrogens with zero attached hydrogens (tertiary/aromatic N) is 1. The molecule has 7 heteroatoms. The molecule has 0 fully saturated rings. The predicted octanol–water partition coefficient (Wildman–Crippen LogP) is -0.187. The fourth-order valence-electron chi connectivity index (χ4n) is 2.40. The van der Waals surface area contributed by atoms with E-state index in [4.69, 9.17) is 0 Å². The van der Waals surface area contributed by atoms with Gasteiger partial charge in [-0.15, -0.1) is 0 Å². The number of nitrogens with one attached hydrogen (secondary N) is 3. The first-order valence-corrected chi connectivity index (χ1v) is 6.59. The SMILES string of the molecule is O=C(c1cc(=O)[nH]c(=O)[nH]1)N1CCNCc2ccccc21. The second-order valence-electron chi connectivity index (χ2n) is 4.76. The van der Waals surface area contributed by atoms with Crippen molar-refractivity contribution >= 4 is 11.6 Å². The van der Waals surface area contributed by atoms with Gasteiger partial charge in [0.15, 0.2) is 0 Å². The summed E-state index contributed by atoms with van der Waals surface area (Å²) in [5, 5.41) is 3.23. The summed E-state index contributed by atoms with van der Waals surface area (Å²) < 4.78 is 0. The van der Waals surface area contributed by atoms with Crippen molar-refractivity contribution < 1.29 is 4.79 Å². The number of carbonyl (C=O) groups excluding carboxylic acids is 1. The summed E-state index contributed by atoms with van der Waals surface area (Å²) in [6.45, 7) is 1.77. The Balaban J connectivity index is 2.05. The van der Waals surface area contributed by atoms with Gasteiger partial charge in [0.2, 0.25) is 0 Å². The van der Waals surface area contributed by atoms with Gasteiger partial charge in [-0.05, 0) is 11.6 Å². The molecule has 0 unspecified atom stereocenters. The molecule has 1 aromatic carbocycles. The molecule has 0 aliphatic carbocycles. The number of amides is 1. The van der Waals surface area contributed by atoms with Crippen molar-refractivity contribution in [3.63, 3.8) is 0 Å². The lowest BCUT2D eigenvalue weighted by molar-refractivity contribution is 0.0982. The molecule has 3 N–H and O–H groups in total. The van der Waals surface area contributed by atoms with Gasteiger partial charge in [0.1, 0.15) is 5.69 Å². The molecular weight excluding hydrogens is 272 g/mol. The molecule has 0 bridgehead atoms. The number of benzene rings is 1. The summed E-state index contributed by atoms with van der Waals surface area (Å²) in [6, 6.07) is 8.65. The van der Waals surface area contributed by atoms with E-state index in [1.54, 1.807) is 4.90 Å². The second-order valence-corrected chi connectivity index (χ2v) is 4.76. The zero-order valence-corrected chi connectivity index (χ0v) is 11.2. The van der Waals surface area contributed by atoms with Gasteiger partial charge in [-0.3, -0.25) is 14.6 Å². The first-order valence-electron chi connectivity index (χ1n) is 6.59. The van der Waals surface area contributed by atoms with Gasteiger partial charge in [-0.25, -0.2) is 4.79 Å². The third-order valence-corrected chi connectivity index (χ3v) is 3.35. The Bertz CT molecular complexity index is 765.